The van der Waals surface area contributed by atoms with Gasteiger partial charge in [-0.3, -0.25) is 10.6 Å². The molecule has 0 heterocycles. The molecular formula is C14H20N4O. The first-order valence-electron chi connectivity index (χ1n) is 6.29. The third-order valence-electron chi connectivity index (χ3n) is 3.01. The van der Waals surface area contributed by atoms with Gasteiger partial charge in [-0.1, -0.05) is 0 Å². The van der Waals surface area contributed by atoms with Gasteiger partial charge in [-0.2, -0.15) is 5.26 Å². The molecule has 1 atom stereocenters. The maximum absolute atomic E-state index is 12.3. The van der Waals surface area contributed by atoms with E-state index in [4.69, 9.17) is 11.1 Å². The number of nitrogens with two attached hydrogens (primary N) is 1. The van der Waals surface area contributed by atoms with Gasteiger partial charge >= 0.3 is 0 Å². The van der Waals surface area contributed by atoms with Crippen LogP contribution in [0.2, 0.25) is 0 Å². The summed E-state index contributed by atoms with van der Waals surface area (Å²) in [6, 6.07) is 7.47. The fourth-order valence-corrected chi connectivity index (χ4v) is 1.87. The first-order chi connectivity index (χ1) is 9.03. The average Bonchev–Trinajstić information content (AvgIpc) is 2.43. The molecule has 1 aromatic rings. The van der Waals surface area contributed by atoms with Gasteiger partial charge in [0.2, 0.25) is 0 Å². The average molecular weight is 260 g/mol. The molecule has 0 spiro atoms. The van der Waals surface area contributed by atoms with Gasteiger partial charge in [-0.15, -0.1) is 0 Å². The van der Waals surface area contributed by atoms with Gasteiger partial charge in [0.15, 0.2) is 0 Å². The van der Waals surface area contributed by atoms with Crippen LogP contribution in [-0.2, 0) is 0 Å². The fourth-order valence-electron chi connectivity index (χ4n) is 1.87. The molecule has 1 rings (SSSR count). The number of hydrogen-bond acceptors (Lipinski definition) is 4. The van der Waals surface area contributed by atoms with Crippen molar-refractivity contribution in [2.75, 3.05) is 18.5 Å². The molecule has 1 unspecified atom stereocenters. The predicted octanol–water partition coefficient (Wildman–Crippen LogP) is 1.90. The molecule has 5 nitrogen and oxygen atoms in total. The molecule has 3 N–H and O–H groups in total. The lowest BCUT2D eigenvalue weighted by Gasteiger charge is -2.22. The number of amides is 1. The van der Waals surface area contributed by atoms with E-state index >= 15 is 0 Å². The number of nitrogen functional groups attached to an aromatic ring is 1. The van der Waals surface area contributed by atoms with Crippen molar-refractivity contribution in [3.63, 3.8) is 0 Å². The number of aryl methyl sites for hydroxylation is 1. The van der Waals surface area contributed by atoms with E-state index in [0.717, 1.165) is 11.3 Å². The van der Waals surface area contributed by atoms with Crippen molar-refractivity contribution in [1.82, 2.24) is 4.90 Å². The lowest BCUT2D eigenvalue weighted by molar-refractivity contribution is 0.0752. The van der Waals surface area contributed by atoms with Crippen LogP contribution in [0.15, 0.2) is 18.2 Å². The summed E-state index contributed by atoms with van der Waals surface area (Å²) in [5.41, 5.74) is 4.90. The Morgan fingerprint density at radius 2 is 2.26 bits per heavy atom. The first kappa shape index (κ1) is 15.0. The van der Waals surface area contributed by atoms with Crippen LogP contribution in [0.4, 0.5) is 5.69 Å². The normalized spacial score (nSPS) is 11.5. The summed E-state index contributed by atoms with van der Waals surface area (Å²) in [5, 5.41) is 8.83. The first-order valence-corrected chi connectivity index (χ1v) is 6.29. The van der Waals surface area contributed by atoms with Crippen LogP contribution < -0.4 is 11.3 Å². The minimum Gasteiger partial charge on any atom is -0.338 e. The van der Waals surface area contributed by atoms with Gasteiger partial charge < -0.3 is 10.3 Å². The highest BCUT2D eigenvalue weighted by atomic mass is 16.2. The van der Waals surface area contributed by atoms with E-state index in [1.165, 1.54) is 0 Å². The van der Waals surface area contributed by atoms with Crippen molar-refractivity contribution in [1.29, 1.82) is 5.26 Å². The van der Waals surface area contributed by atoms with Gasteiger partial charge in [-0.25, -0.2) is 0 Å². The number of benzene rings is 1. The monoisotopic (exact) mass is 260 g/mol. The molecule has 102 valence electrons. The summed E-state index contributed by atoms with van der Waals surface area (Å²) in [7, 11) is 0. The molecule has 0 fully saturated rings. The van der Waals surface area contributed by atoms with E-state index in [9.17, 15) is 4.79 Å². The number of hydrazine groups is 1. The Hall–Kier alpha value is -2.06. The Kier molecular flexibility index (Phi) is 5.34. The summed E-state index contributed by atoms with van der Waals surface area (Å²) >= 11 is 0. The lowest BCUT2D eigenvalue weighted by atomic mass is 10.1. The molecule has 0 aliphatic rings. The summed E-state index contributed by atoms with van der Waals surface area (Å²) in [6.07, 6.45) is 0. The van der Waals surface area contributed by atoms with E-state index < -0.39 is 0 Å². The van der Waals surface area contributed by atoms with Crippen LogP contribution >= 0.6 is 0 Å². The van der Waals surface area contributed by atoms with Gasteiger partial charge in [-0.05, 0) is 44.5 Å². The maximum Gasteiger partial charge on any atom is 0.253 e. The van der Waals surface area contributed by atoms with Crippen molar-refractivity contribution in [3.05, 3.63) is 29.3 Å². The zero-order chi connectivity index (χ0) is 14.4. The second-order valence-corrected chi connectivity index (χ2v) is 4.55. The Balaban J connectivity index is 2.92. The number of carbonyl (C=O) groups excluding carboxylic acids is 1. The molecule has 0 bridgehead atoms. The topological polar surface area (TPSA) is 82.2 Å². The standard InChI is InChI=1S/C14H20N4O/c1-4-18(9-10(2)8-15)14(19)12-5-6-13(17-16)11(3)7-12/h5-7,10,17H,4,9,16H2,1-3H3. The summed E-state index contributed by atoms with van der Waals surface area (Å²) in [4.78, 5) is 14.0. The molecule has 19 heavy (non-hydrogen) atoms. The van der Waals surface area contributed by atoms with Crippen LogP contribution in [0, 0.1) is 24.2 Å². The van der Waals surface area contributed by atoms with E-state index in [2.05, 4.69) is 11.5 Å². The summed E-state index contributed by atoms with van der Waals surface area (Å²) in [6.45, 7) is 6.63. The number of carbonyl (C=O) groups is 1. The zero-order valence-corrected chi connectivity index (χ0v) is 11.6. The molecule has 0 radical (unpaired) electrons. The molecule has 0 saturated carbocycles. The quantitative estimate of drug-likeness (QED) is 0.625. The van der Waals surface area contributed by atoms with Crippen molar-refractivity contribution in [2.24, 2.45) is 11.8 Å². The van der Waals surface area contributed by atoms with E-state index in [-0.39, 0.29) is 11.8 Å². The third kappa shape index (κ3) is 3.70. The summed E-state index contributed by atoms with van der Waals surface area (Å²) in [5.74, 6) is 5.14. The smallest absolute Gasteiger partial charge is 0.253 e. The van der Waals surface area contributed by atoms with E-state index in [1.807, 2.05) is 20.8 Å². The van der Waals surface area contributed by atoms with E-state index in [1.54, 1.807) is 23.1 Å². The van der Waals surface area contributed by atoms with Gasteiger partial charge in [0, 0.05) is 18.7 Å². The zero-order valence-electron chi connectivity index (χ0n) is 11.6. The minimum atomic E-state index is -0.171. The number of nitriles is 1. The highest BCUT2D eigenvalue weighted by Crippen LogP contribution is 2.17. The highest BCUT2D eigenvalue weighted by molar-refractivity contribution is 5.95. The molecule has 5 heteroatoms. The molecular weight excluding hydrogens is 240 g/mol. The summed E-state index contributed by atoms with van der Waals surface area (Å²) < 4.78 is 0. The number of nitrogens with zero attached hydrogens (tertiary/aromatic N) is 2. The second kappa shape index (κ2) is 6.76. The molecule has 0 aliphatic carbocycles. The Morgan fingerprint density at radius 1 is 1.58 bits per heavy atom. The van der Waals surface area contributed by atoms with Crippen LogP contribution in [0.25, 0.3) is 0 Å². The predicted molar refractivity (Wildman–Crippen MR) is 75.3 cm³/mol. The number of hydrogen-bond donors (Lipinski definition) is 2. The van der Waals surface area contributed by atoms with Crippen molar-refractivity contribution >= 4 is 11.6 Å². The van der Waals surface area contributed by atoms with Crippen LogP contribution in [-0.4, -0.2) is 23.9 Å². The largest absolute Gasteiger partial charge is 0.338 e. The molecule has 1 aromatic carbocycles. The SMILES string of the molecule is CCN(CC(C)C#N)C(=O)c1ccc(NN)c(C)c1. The van der Waals surface area contributed by atoms with Crippen LogP contribution in [0.3, 0.4) is 0 Å². The number of nitrogens with one attached hydrogen (secondary N) is 1. The van der Waals surface area contributed by atoms with Gasteiger partial charge in [0.05, 0.1) is 17.7 Å². The van der Waals surface area contributed by atoms with E-state index in [0.29, 0.717) is 18.7 Å². The Labute approximate surface area is 114 Å². The molecule has 0 aromatic heterocycles. The van der Waals surface area contributed by atoms with Gasteiger partial charge in [0.25, 0.3) is 5.91 Å². The fraction of sp³-hybridized carbons (Fsp3) is 0.429. The van der Waals surface area contributed by atoms with Crippen LogP contribution in [0.5, 0.6) is 0 Å². The Bertz CT molecular complexity index is 493. The minimum absolute atomic E-state index is 0.0590. The van der Waals surface area contributed by atoms with Crippen molar-refractivity contribution < 1.29 is 4.79 Å². The lowest BCUT2D eigenvalue weighted by Crippen LogP contribution is -2.34. The second-order valence-electron chi connectivity index (χ2n) is 4.55. The number of rotatable bonds is 5. The molecule has 0 aliphatic heterocycles. The third-order valence-corrected chi connectivity index (χ3v) is 3.01. The van der Waals surface area contributed by atoms with Crippen molar-refractivity contribution in [3.8, 4) is 6.07 Å². The van der Waals surface area contributed by atoms with Crippen molar-refractivity contribution in [2.45, 2.75) is 20.8 Å². The maximum atomic E-state index is 12.3. The highest BCUT2D eigenvalue weighted by Gasteiger charge is 2.17. The van der Waals surface area contributed by atoms with Crippen LogP contribution in [0.1, 0.15) is 29.8 Å². The molecule has 0 saturated heterocycles. The Morgan fingerprint density at radius 3 is 2.74 bits per heavy atom. The molecule has 1 amide bonds. The number of anilines is 1. The van der Waals surface area contributed by atoms with Gasteiger partial charge in [0.1, 0.15) is 0 Å².